The molecule has 0 saturated heterocycles. The molecule has 1 atom stereocenters. The average molecular weight is 193 g/mol. The normalized spacial score (nSPS) is 12.2. The van der Waals surface area contributed by atoms with Crippen LogP contribution in [0, 0.1) is 6.92 Å². The summed E-state index contributed by atoms with van der Waals surface area (Å²) in [7, 11) is 0. The molecule has 0 aliphatic heterocycles. The number of hydrogen-bond acceptors (Lipinski definition) is 3. The number of carbonyl (C=O) groups excluding carboxylic acids is 1. The molecule has 0 spiro atoms. The molecule has 0 bridgehead atoms. The number of pyridine rings is 1. The molecule has 1 rings (SSSR count). The van der Waals surface area contributed by atoms with E-state index in [4.69, 9.17) is 5.73 Å². The summed E-state index contributed by atoms with van der Waals surface area (Å²) < 4.78 is 0. The number of aromatic nitrogens is 1. The van der Waals surface area contributed by atoms with Crippen LogP contribution in [0.2, 0.25) is 0 Å². The van der Waals surface area contributed by atoms with Crippen LogP contribution in [-0.4, -0.2) is 16.9 Å². The molecule has 76 valence electrons. The van der Waals surface area contributed by atoms with E-state index in [9.17, 15) is 4.79 Å². The molecule has 1 amide bonds. The van der Waals surface area contributed by atoms with Crippen molar-refractivity contribution in [3.63, 3.8) is 0 Å². The molecular formula is C10H15N3O. The first-order valence-electron chi connectivity index (χ1n) is 4.54. The Kier molecular flexibility index (Phi) is 3.59. The smallest absolute Gasteiger partial charge is 0.236 e. The van der Waals surface area contributed by atoms with Crippen LogP contribution in [0.5, 0.6) is 0 Å². The highest BCUT2D eigenvalue weighted by molar-refractivity contribution is 5.80. The van der Waals surface area contributed by atoms with Crippen LogP contribution in [0.15, 0.2) is 18.3 Å². The van der Waals surface area contributed by atoms with Gasteiger partial charge in [-0.1, -0.05) is 6.07 Å². The summed E-state index contributed by atoms with van der Waals surface area (Å²) in [6, 6.07) is 3.38. The maximum absolute atomic E-state index is 11.1. The minimum absolute atomic E-state index is 0.148. The third-order valence-corrected chi connectivity index (χ3v) is 1.85. The Morgan fingerprint density at radius 2 is 2.36 bits per heavy atom. The molecule has 0 unspecified atom stereocenters. The Hall–Kier alpha value is -1.42. The second-order valence-electron chi connectivity index (χ2n) is 3.31. The van der Waals surface area contributed by atoms with Gasteiger partial charge < -0.3 is 11.1 Å². The summed E-state index contributed by atoms with van der Waals surface area (Å²) in [6.07, 6.45) is 1.75. The minimum Gasteiger partial charge on any atom is -0.351 e. The van der Waals surface area contributed by atoms with Gasteiger partial charge in [0, 0.05) is 18.4 Å². The number of carbonyl (C=O) groups is 1. The van der Waals surface area contributed by atoms with Gasteiger partial charge in [-0.25, -0.2) is 0 Å². The second kappa shape index (κ2) is 4.72. The Morgan fingerprint density at radius 1 is 1.64 bits per heavy atom. The van der Waals surface area contributed by atoms with Gasteiger partial charge in [-0.2, -0.15) is 0 Å². The van der Waals surface area contributed by atoms with Crippen molar-refractivity contribution >= 4 is 5.91 Å². The third kappa shape index (κ3) is 3.14. The first-order chi connectivity index (χ1) is 6.59. The molecule has 0 saturated carbocycles. The minimum atomic E-state index is -0.464. The molecule has 14 heavy (non-hydrogen) atoms. The molecule has 1 heterocycles. The summed E-state index contributed by atoms with van der Waals surface area (Å²) in [6.45, 7) is 4.06. The second-order valence-corrected chi connectivity index (χ2v) is 3.31. The Morgan fingerprint density at radius 3 is 2.86 bits per heavy atom. The van der Waals surface area contributed by atoms with Gasteiger partial charge in [-0.05, 0) is 25.5 Å². The van der Waals surface area contributed by atoms with Crippen molar-refractivity contribution in [1.29, 1.82) is 0 Å². The standard InChI is InChI=1S/C10H15N3O/c1-7-3-4-9(5-12-7)6-13-10(14)8(2)11/h3-5,8H,6,11H2,1-2H3,(H,13,14)/t8-/m1/s1. The molecule has 4 nitrogen and oxygen atoms in total. The fourth-order valence-corrected chi connectivity index (χ4v) is 0.953. The SMILES string of the molecule is Cc1ccc(CNC(=O)[C@@H](C)N)cn1. The maximum atomic E-state index is 11.1. The van der Waals surface area contributed by atoms with E-state index >= 15 is 0 Å². The van der Waals surface area contributed by atoms with Gasteiger partial charge in [0.05, 0.1) is 6.04 Å². The molecule has 1 aromatic heterocycles. The van der Waals surface area contributed by atoms with Crippen LogP contribution in [0.25, 0.3) is 0 Å². The lowest BCUT2D eigenvalue weighted by Crippen LogP contribution is -2.37. The van der Waals surface area contributed by atoms with E-state index in [-0.39, 0.29) is 5.91 Å². The van der Waals surface area contributed by atoms with Crippen LogP contribution < -0.4 is 11.1 Å². The molecule has 0 aromatic carbocycles. The molecule has 0 aliphatic rings. The van der Waals surface area contributed by atoms with Crippen molar-refractivity contribution in [2.24, 2.45) is 5.73 Å². The third-order valence-electron chi connectivity index (χ3n) is 1.85. The average Bonchev–Trinajstić information content (AvgIpc) is 2.16. The van der Waals surface area contributed by atoms with Crippen molar-refractivity contribution in [3.8, 4) is 0 Å². The van der Waals surface area contributed by atoms with Gasteiger partial charge in [0.1, 0.15) is 0 Å². The van der Waals surface area contributed by atoms with E-state index in [1.807, 2.05) is 19.1 Å². The van der Waals surface area contributed by atoms with Crippen LogP contribution >= 0.6 is 0 Å². The summed E-state index contributed by atoms with van der Waals surface area (Å²) in [5.41, 5.74) is 7.34. The zero-order chi connectivity index (χ0) is 10.6. The van der Waals surface area contributed by atoms with Crippen molar-refractivity contribution in [2.45, 2.75) is 26.4 Å². The topological polar surface area (TPSA) is 68.0 Å². The molecule has 3 N–H and O–H groups in total. The van der Waals surface area contributed by atoms with E-state index in [1.165, 1.54) is 0 Å². The molecular weight excluding hydrogens is 178 g/mol. The largest absolute Gasteiger partial charge is 0.351 e. The predicted octanol–water partition coefficient (Wildman–Crippen LogP) is 0.353. The predicted molar refractivity (Wildman–Crippen MR) is 54.5 cm³/mol. The molecule has 1 aromatic rings. The monoisotopic (exact) mass is 193 g/mol. The fraction of sp³-hybridized carbons (Fsp3) is 0.400. The number of nitrogens with two attached hydrogens (primary N) is 1. The molecule has 4 heteroatoms. The van der Waals surface area contributed by atoms with Crippen LogP contribution in [0.3, 0.4) is 0 Å². The molecule has 0 fully saturated rings. The van der Waals surface area contributed by atoms with E-state index in [2.05, 4.69) is 10.3 Å². The number of nitrogens with zero attached hydrogens (tertiary/aromatic N) is 1. The number of hydrogen-bond donors (Lipinski definition) is 2. The maximum Gasteiger partial charge on any atom is 0.236 e. The zero-order valence-electron chi connectivity index (χ0n) is 8.45. The van der Waals surface area contributed by atoms with Gasteiger partial charge >= 0.3 is 0 Å². The van der Waals surface area contributed by atoms with Crippen LogP contribution in [0.1, 0.15) is 18.2 Å². The number of rotatable bonds is 3. The van der Waals surface area contributed by atoms with Crippen molar-refractivity contribution < 1.29 is 4.79 Å². The number of amides is 1. The van der Waals surface area contributed by atoms with E-state index in [1.54, 1.807) is 13.1 Å². The number of nitrogens with one attached hydrogen (secondary N) is 1. The van der Waals surface area contributed by atoms with Crippen molar-refractivity contribution in [2.75, 3.05) is 0 Å². The van der Waals surface area contributed by atoms with Gasteiger partial charge in [-0.15, -0.1) is 0 Å². The van der Waals surface area contributed by atoms with Gasteiger partial charge in [0.15, 0.2) is 0 Å². The first kappa shape index (κ1) is 10.7. The quantitative estimate of drug-likeness (QED) is 0.728. The highest BCUT2D eigenvalue weighted by Gasteiger charge is 2.05. The van der Waals surface area contributed by atoms with Crippen molar-refractivity contribution in [1.82, 2.24) is 10.3 Å². The lowest BCUT2D eigenvalue weighted by Gasteiger charge is -2.07. The zero-order valence-corrected chi connectivity index (χ0v) is 8.45. The van der Waals surface area contributed by atoms with Crippen LogP contribution in [-0.2, 0) is 11.3 Å². The summed E-state index contributed by atoms with van der Waals surface area (Å²) in [5.74, 6) is -0.148. The number of aryl methyl sites for hydroxylation is 1. The van der Waals surface area contributed by atoms with E-state index in [0.29, 0.717) is 6.54 Å². The fourth-order valence-electron chi connectivity index (χ4n) is 0.953. The highest BCUT2D eigenvalue weighted by Crippen LogP contribution is 1.98. The van der Waals surface area contributed by atoms with Gasteiger partial charge in [0.2, 0.25) is 5.91 Å². The summed E-state index contributed by atoms with van der Waals surface area (Å²) >= 11 is 0. The molecule has 0 aliphatic carbocycles. The summed E-state index contributed by atoms with van der Waals surface area (Å²) in [5, 5.41) is 2.71. The highest BCUT2D eigenvalue weighted by atomic mass is 16.2. The Balaban J connectivity index is 2.46. The first-order valence-corrected chi connectivity index (χ1v) is 4.54. The van der Waals surface area contributed by atoms with Gasteiger partial charge in [0.25, 0.3) is 0 Å². The lowest BCUT2D eigenvalue weighted by molar-refractivity contribution is -0.122. The van der Waals surface area contributed by atoms with E-state index < -0.39 is 6.04 Å². The van der Waals surface area contributed by atoms with Crippen molar-refractivity contribution in [3.05, 3.63) is 29.6 Å². The summed E-state index contributed by atoms with van der Waals surface area (Å²) in [4.78, 5) is 15.2. The van der Waals surface area contributed by atoms with E-state index in [0.717, 1.165) is 11.3 Å². The van der Waals surface area contributed by atoms with Crippen LogP contribution in [0.4, 0.5) is 0 Å². The Bertz CT molecular complexity index is 306. The van der Waals surface area contributed by atoms with Gasteiger partial charge in [-0.3, -0.25) is 9.78 Å². The molecule has 0 radical (unpaired) electrons. The Labute approximate surface area is 83.5 Å². The lowest BCUT2D eigenvalue weighted by atomic mass is 10.2.